The van der Waals surface area contributed by atoms with Gasteiger partial charge in [-0.15, -0.1) is 0 Å². The van der Waals surface area contributed by atoms with Crippen molar-refractivity contribution in [3.63, 3.8) is 0 Å². The van der Waals surface area contributed by atoms with Gasteiger partial charge in [0.2, 0.25) is 0 Å². The highest BCUT2D eigenvalue weighted by Gasteiger charge is 2.11. The van der Waals surface area contributed by atoms with Gasteiger partial charge < -0.3 is 20.1 Å². The molecule has 2 rings (SSSR count). The monoisotopic (exact) mass is 277 g/mol. The molecule has 0 fully saturated rings. The van der Waals surface area contributed by atoms with Crippen LogP contribution in [0.25, 0.3) is 11.0 Å². The molecule has 20 heavy (non-hydrogen) atoms. The number of carboxylic acid groups (broad SMARTS) is 1. The summed E-state index contributed by atoms with van der Waals surface area (Å²) in [4.78, 5) is 14.8. The van der Waals surface area contributed by atoms with E-state index in [1.807, 2.05) is 36.7 Å². The van der Waals surface area contributed by atoms with Crippen LogP contribution in [0, 0.1) is 6.92 Å². The van der Waals surface area contributed by atoms with Crippen LogP contribution in [-0.2, 0) is 11.8 Å². The van der Waals surface area contributed by atoms with Gasteiger partial charge in [-0.25, -0.2) is 4.98 Å². The molecule has 1 aromatic heterocycles. The molecule has 1 aromatic carbocycles. The molecular weight excluding hydrogens is 258 g/mol. The molecular formula is C14H19N3O3. The first-order valence-corrected chi connectivity index (χ1v) is 6.52. The fourth-order valence-corrected chi connectivity index (χ4v) is 2.10. The molecule has 0 aliphatic carbocycles. The van der Waals surface area contributed by atoms with Gasteiger partial charge in [0.1, 0.15) is 5.82 Å². The third-order valence-corrected chi connectivity index (χ3v) is 3.37. The number of aliphatic hydroxyl groups is 1. The molecule has 1 unspecified atom stereocenters. The molecule has 6 heteroatoms. The number of nitrogens with one attached hydrogen (secondary N) is 1. The molecule has 0 aliphatic heterocycles. The fraction of sp³-hybridized carbons (Fsp3) is 0.429. The van der Waals surface area contributed by atoms with Crippen LogP contribution in [0.2, 0.25) is 0 Å². The van der Waals surface area contributed by atoms with Gasteiger partial charge in [0.25, 0.3) is 0 Å². The molecule has 2 aromatic rings. The lowest BCUT2D eigenvalue weighted by molar-refractivity contribution is -0.136. The number of hydrogen-bond acceptors (Lipinski definition) is 4. The van der Waals surface area contributed by atoms with Crippen LogP contribution in [0.4, 0.5) is 0 Å². The number of carbonyl (C=O) groups is 1. The highest BCUT2D eigenvalue weighted by atomic mass is 16.4. The number of imidazole rings is 1. The van der Waals surface area contributed by atoms with Crippen molar-refractivity contribution in [2.75, 3.05) is 13.1 Å². The minimum absolute atomic E-state index is 0.0468. The second-order valence-electron chi connectivity index (χ2n) is 4.83. The largest absolute Gasteiger partial charge is 0.481 e. The van der Waals surface area contributed by atoms with Crippen molar-refractivity contribution >= 4 is 17.0 Å². The van der Waals surface area contributed by atoms with Crippen LogP contribution in [0.5, 0.6) is 0 Å². The van der Waals surface area contributed by atoms with Crippen molar-refractivity contribution in [2.45, 2.75) is 19.4 Å². The standard InChI is InChI=1S/C14H19N3O3/c1-9-16-11-7-10(3-4-12(11)17(9)2)13(18)8-15-6-5-14(19)20/h3-4,7,13,15,18H,5-6,8H2,1-2H3,(H,19,20). The number of fused-ring (bicyclic) bond motifs is 1. The maximum atomic E-state index is 10.4. The number of carboxylic acids is 1. The minimum atomic E-state index is -0.850. The smallest absolute Gasteiger partial charge is 0.304 e. The Bertz CT molecular complexity index is 621. The SMILES string of the molecule is Cc1nc2cc(C(O)CNCCC(=O)O)ccc2n1C. The van der Waals surface area contributed by atoms with Gasteiger partial charge in [-0.3, -0.25) is 4.79 Å². The summed E-state index contributed by atoms with van der Waals surface area (Å²) in [5, 5.41) is 21.5. The summed E-state index contributed by atoms with van der Waals surface area (Å²) in [5.74, 6) is 0.0728. The number of benzene rings is 1. The summed E-state index contributed by atoms with van der Waals surface area (Å²) in [7, 11) is 1.95. The van der Waals surface area contributed by atoms with Crippen LogP contribution >= 0.6 is 0 Å². The second kappa shape index (κ2) is 6.02. The summed E-state index contributed by atoms with van der Waals surface area (Å²) < 4.78 is 2.00. The summed E-state index contributed by atoms with van der Waals surface area (Å²) in [5.41, 5.74) is 2.66. The van der Waals surface area contributed by atoms with E-state index in [2.05, 4.69) is 10.3 Å². The molecule has 3 N–H and O–H groups in total. The van der Waals surface area contributed by atoms with E-state index in [9.17, 15) is 9.90 Å². The Kier molecular flexibility index (Phi) is 4.36. The summed E-state index contributed by atoms with van der Waals surface area (Å²) in [6, 6.07) is 5.67. The molecule has 1 heterocycles. The summed E-state index contributed by atoms with van der Waals surface area (Å²) >= 11 is 0. The van der Waals surface area contributed by atoms with E-state index in [1.165, 1.54) is 0 Å². The zero-order valence-electron chi connectivity index (χ0n) is 11.6. The van der Waals surface area contributed by atoms with Crippen molar-refractivity contribution in [1.29, 1.82) is 0 Å². The van der Waals surface area contributed by atoms with Crippen molar-refractivity contribution in [3.8, 4) is 0 Å². The van der Waals surface area contributed by atoms with Crippen LogP contribution in [-0.4, -0.2) is 38.8 Å². The van der Waals surface area contributed by atoms with Crippen molar-refractivity contribution < 1.29 is 15.0 Å². The molecule has 0 bridgehead atoms. The molecule has 0 radical (unpaired) electrons. The fourth-order valence-electron chi connectivity index (χ4n) is 2.10. The number of aromatic nitrogens is 2. The number of aliphatic hydroxyl groups excluding tert-OH is 1. The molecule has 0 amide bonds. The summed E-state index contributed by atoms with van der Waals surface area (Å²) in [6.07, 6.45) is -0.624. The van der Waals surface area contributed by atoms with E-state index < -0.39 is 12.1 Å². The predicted octanol–water partition coefficient (Wildman–Crippen LogP) is 0.979. The van der Waals surface area contributed by atoms with Crippen LogP contribution in [0.15, 0.2) is 18.2 Å². The lowest BCUT2D eigenvalue weighted by atomic mass is 10.1. The Balaban J connectivity index is 2.03. The van der Waals surface area contributed by atoms with Crippen molar-refractivity contribution in [3.05, 3.63) is 29.6 Å². The van der Waals surface area contributed by atoms with Gasteiger partial charge in [-0.1, -0.05) is 6.07 Å². The Morgan fingerprint density at radius 1 is 1.50 bits per heavy atom. The van der Waals surface area contributed by atoms with Gasteiger partial charge in [-0.05, 0) is 24.6 Å². The molecule has 1 atom stereocenters. The lowest BCUT2D eigenvalue weighted by Crippen LogP contribution is -2.24. The first kappa shape index (κ1) is 14.5. The van der Waals surface area contributed by atoms with Crippen LogP contribution in [0.1, 0.15) is 23.9 Å². The topological polar surface area (TPSA) is 87.4 Å². The lowest BCUT2D eigenvalue weighted by Gasteiger charge is -2.11. The van der Waals surface area contributed by atoms with Crippen LogP contribution in [0.3, 0.4) is 0 Å². The Labute approximate surface area is 117 Å². The molecule has 0 saturated carbocycles. The zero-order valence-corrected chi connectivity index (χ0v) is 11.6. The van der Waals surface area contributed by atoms with E-state index in [4.69, 9.17) is 5.11 Å². The quantitative estimate of drug-likeness (QED) is 0.685. The van der Waals surface area contributed by atoms with Gasteiger partial charge in [0.05, 0.1) is 23.6 Å². The Hall–Kier alpha value is -1.92. The third kappa shape index (κ3) is 3.15. The number of aliphatic carboxylic acids is 1. The van der Waals surface area contributed by atoms with E-state index in [-0.39, 0.29) is 6.42 Å². The van der Waals surface area contributed by atoms with Gasteiger partial charge in [0.15, 0.2) is 0 Å². The van der Waals surface area contributed by atoms with Gasteiger partial charge in [-0.2, -0.15) is 0 Å². The molecule has 0 spiro atoms. The molecule has 108 valence electrons. The van der Waals surface area contributed by atoms with Crippen LogP contribution < -0.4 is 5.32 Å². The van der Waals surface area contributed by atoms with E-state index >= 15 is 0 Å². The van der Waals surface area contributed by atoms with Gasteiger partial charge >= 0.3 is 5.97 Å². The maximum Gasteiger partial charge on any atom is 0.304 e. The highest BCUT2D eigenvalue weighted by Crippen LogP contribution is 2.20. The normalized spacial score (nSPS) is 12.8. The average molecular weight is 277 g/mol. The number of hydrogen-bond donors (Lipinski definition) is 3. The Morgan fingerprint density at radius 2 is 2.25 bits per heavy atom. The minimum Gasteiger partial charge on any atom is -0.481 e. The highest BCUT2D eigenvalue weighted by molar-refractivity contribution is 5.76. The van der Waals surface area contributed by atoms with Gasteiger partial charge in [0, 0.05) is 20.1 Å². The number of nitrogens with zero attached hydrogens (tertiary/aromatic N) is 2. The third-order valence-electron chi connectivity index (χ3n) is 3.37. The van der Waals surface area contributed by atoms with E-state index in [1.54, 1.807) is 0 Å². The average Bonchev–Trinajstić information content (AvgIpc) is 2.69. The van der Waals surface area contributed by atoms with Crippen molar-refractivity contribution in [1.82, 2.24) is 14.9 Å². The Morgan fingerprint density at radius 3 is 2.95 bits per heavy atom. The number of aryl methyl sites for hydroxylation is 2. The first-order valence-electron chi connectivity index (χ1n) is 6.52. The zero-order chi connectivity index (χ0) is 14.7. The number of rotatable bonds is 6. The summed E-state index contributed by atoms with van der Waals surface area (Å²) in [6.45, 7) is 2.60. The van der Waals surface area contributed by atoms with Crippen molar-refractivity contribution in [2.24, 2.45) is 7.05 Å². The predicted molar refractivity (Wildman–Crippen MR) is 75.5 cm³/mol. The molecule has 0 saturated heterocycles. The molecule has 6 nitrogen and oxygen atoms in total. The molecule has 0 aliphatic rings. The first-order chi connectivity index (χ1) is 9.49. The second-order valence-corrected chi connectivity index (χ2v) is 4.83. The van der Waals surface area contributed by atoms with E-state index in [0.717, 1.165) is 22.4 Å². The van der Waals surface area contributed by atoms with E-state index in [0.29, 0.717) is 13.1 Å². The maximum absolute atomic E-state index is 10.4.